The van der Waals surface area contributed by atoms with E-state index < -0.39 is 11.6 Å². The van der Waals surface area contributed by atoms with Crippen LogP contribution in [0.15, 0.2) is 18.2 Å². The van der Waals surface area contributed by atoms with E-state index in [1.165, 1.54) is 18.2 Å². The maximum Gasteiger partial charge on any atom is 0.130 e. The summed E-state index contributed by atoms with van der Waals surface area (Å²) < 4.78 is 27.0. The predicted octanol–water partition coefficient (Wildman–Crippen LogP) is 2.73. The summed E-state index contributed by atoms with van der Waals surface area (Å²) in [5, 5.41) is 0. The molecule has 1 aromatic rings. The van der Waals surface area contributed by atoms with Gasteiger partial charge in [0.2, 0.25) is 0 Å². The molecule has 2 unspecified atom stereocenters. The van der Waals surface area contributed by atoms with Gasteiger partial charge in [0, 0.05) is 24.2 Å². The van der Waals surface area contributed by atoms with Crippen molar-refractivity contribution in [1.29, 1.82) is 0 Å². The SMILES string of the molecule is CC(N)CN(C)C(C)c1c(F)cccc1F.Cl. The van der Waals surface area contributed by atoms with Crippen molar-refractivity contribution in [2.24, 2.45) is 5.73 Å². The van der Waals surface area contributed by atoms with Gasteiger partial charge in [-0.2, -0.15) is 0 Å². The number of nitrogens with two attached hydrogens (primary N) is 1. The molecule has 0 saturated carbocycles. The third kappa shape index (κ3) is 4.22. The number of halogens is 3. The number of nitrogens with zero attached hydrogens (tertiary/aromatic N) is 1. The molecule has 17 heavy (non-hydrogen) atoms. The molecule has 0 bridgehead atoms. The summed E-state index contributed by atoms with van der Waals surface area (Å²) in [5.41, 5.74) is 5.76. The summed E-state index contributed by atoms with van der Waals surface area (Å²) in [5.74, 6) is -1.02. The molecule has 0 saturated heterocycles. The first-order valence-electron chi connectivity index (χ1n) is 5.33. The number of rotatable bonds is 4. The van der Waals surface area contributed by atoms with Gasteiger partial charge in [-0.25, -0.2) is 8.78 Å². The number of hydrogen-bond donors (Lipinski definition) is 1. The van der Waals surface area contributed by atoms with E-state index in [1.54, 1.807) is 14.0 Å². The molecule has 0 aliphatic rings. The zero-order chi connectivity index (χ0) is 12.3. The Morgan fingerprint density at radius 3 is 2.12 bits per heavy atom. The van der Waals surface area contributed by atoms with Crippen LogP contribution in [-0.4, -0.2) is 24.5 Å². The lowest BCUT2D eigenvalue weighted by Gasteiger charge is -2.27. The van der Waals surface area contributed by atoms with Gasteiger partial charge in [0.15, 0.2) is 0 Å². The minimum absolute atomic E-state index is 0. The summed E-state index contributed by atoms with van der Waals surface area (Å²) in [7, 11) is 1.81. The molecule has 2 N–H and O–H groups in total. The number of hydrogen-bond acceptors (Lipinski definition) is 2. The lowest BCUT2D eigenvalue weighted by Crippen LogP contribution is -2.35. The Morgan fingerprint density at radius 2 is 1.71 bits per heavy atom. The van der Waals surface area contributed by atoms with Crippen LogP contribution in [0.2, 0.25) is 0 Å². The standard InChI is InChI=1S/C12H18F2N2.ClH/c1-8(15)7-16(3)9(2)12-10(13)5-4-6-11(12)14;/h4-6,8-9H,7,15H2,1-3H3;1H. The number of benzene rings is 1. The predicted molar refractivity (Wildman–Crippen MR) is 68.3 cm³/mol. The molecular formula is C12H19ClF2N2. The van der Waals surface area contributed by atoms with E-state index in [2.05, 4.69) is 0 Å². The lowest BCUT2D eigenvalue weighted by atomic mass is 10.1. The van der Waals surface area contributed by atoms with E-state index in [0.717, 1.165) is 0 Å². The fourth-order valence-electron chi connectivity index (χ4n) is 1.74. The van der Waals surface area contributed by atoms with Crippen LogP contribution in [0.1, 0.15) is 25.5 Å². The Balaban J connectivity index is 0.00000256. The molecule has 0 fully saturated rings. The second kappa shape index (κ2) is 6.89. The third-order valence-electron chi connectivity index (χ3n) is 2.65. The van der Waals surface area contributed by atoms with Crippen LogP contribution in [0.5, 0.6) is 0 Å². The van der Waals surface area contributed by atoms with E-state index in [9.17, 15) is 8.78 Å². The van der Waals surface area contributed by atoms with E-state index >= 15 is 0 Å². The molecule has 0 aliphatic heterocycles. The number of likely N-dealkylation sites (N-methyl/N-ethyl adjacent to an activating group) is 1. The molecule has 5 heteroatoms. The van der Waals surface area contributed by atoms with Gasteiger partial charge in [0.25, 0.3) is 0 Å². The molecule has 0 aromatic heterocycles. The summed E-state index contributed by atoms with van der Waals surface area (Å²) >= 11 is 0. The van der Waals surface area contributed by atoms with Gasteiger partial charge in [-0.05, 0) is 33.0 Å². The fraction of sp³-hybridized carbons (Fsp3) is 0.500. The minimum atomic E-state index is -0.510. The van der Waals surface area contributed by atoms with E-state index in [4.69, 9.17) is 5.73 Å². The molecule has 0 aliphatic carbocycles. The van der Waals surface area contributed by atoms with Crippen molar-refractivity contribution in [3.05, 3.63) is 35.4 Å². The van der Waals surface area contributed by atoms with Crippen LogP contribution in [0.25, 0.3) is 0 Å². The monoisotopic (exact) mass is 264 g/mol. The van der Waals surface area contributed by atoms with Gasteiger partial charge in [-0.15, -0.1) is 12.4 Å². The third-order valence-corrected chi connectivity index (χ3v) is 2.65. The second-order valence-electron chi connectivity index (χ2n) is 4.23. The Kier molecular flexibility index (Phi) is 6.60. The van der Waals surface area contributed by atoms with Gasteiger partial charge >= 0.3 is 0 Å². The average Bonchev–Trinajstić information content (AvgIpc) is 2.16. The van der Waals surface area contributed by atoms with Crippen LogP contribution in [-0.2, 0) is 0 Å². The quantitative estimate of drug-likeness (QED) is 0.906. The average molecular weight is 265 g/mol. The Hall–Kier alpha value is -0.710. The molecule has 2 nitrogen and oxygen atoms in total. The zero-order valence-electron chi connectivity index (χ0n) is 10.3. The summed E-state index contributed by atoms with van der Waals surface area (Å²) in [6.07, 6.45) is 0. The van der Waals surface area contributed by atoms with Crippen molar-refractivity contribution in [2.75, 3.05) is 13.6 Å². The Bertz CT molecular complexity index is 338. The van der Waals surface area contributed by atoms with Gasteiger partial charge in [0.1, 0.15) is 11.6 Å². The van der Waals surface area contributed by atoms with Crippen LogP contribution >= 0.6 is 12.4 Å². The fourth-order valence-corrected chi connectivity index (χ4v) is 1.74. The summed E-state index contributed by atoms with van der Waals surface area (Å²) in [4.78, 5) is 1.84. The normalized spacial score (nSPS) is 14.3. The van der Waals surface area contributed by atoms with E-state index in [-0.39, 0.29) is 30.1 Å². The highest BCUT2D eigenvalue weighted by Crippen LogP contribution is 2.24. The topological polar surface area (TPSA) is 29.3 Å². The molecule has 98 valence electrons. The molecule has 0 heterocycles. The van der Waals surface area contributed by atoms with Crippen molar-refractivity contribution in [3.63, 3.8) is 0 Å². The largest absolute Gasteiger partial charge is 0.327 e. The van der Waals surface area contributed by atoms with E-state index in [0.29, 0.717) is 6.54 Å². The molecule has 0 amide bonds. The lowest BCUT2D eigenvalue weighted by molar-refractivity contribution is 0.239. The maximum atomic E-state index is 13.5. The van der Waals surface area contributed by atoms with Crippen LogP contribution in [0.4, 0.5) is 8.78 Å². The minimum Gasteiger partial charge on any atom is -0.327 e. The highest BCUT2D eigenvalue weighted by atomic mass is 35.5. The van der Waals surface area contributed by atoms with Crippen molar-refractivity contribution in [1.82, 2.24) is 4.90 Å². The first kappa shape index (κ1) is 16.3. The van der Waals surface area contributed by atoms with Crippen molar-refractivity contribution >= 4 is 12.4 Å². The molecule has 1 rings (SSSR count). The highest BCUT2D eigenvalue weighted by molar-refractivity contribution is 5.85. The Morgan fingerprint density at radius 1 is 1.24 bits per heavy atom. The summed E-state index contributed by atoms with van der Waals surface area (Å²) in [6.45, 7) is 4.22. The molecular weight excluding hydrogens is 246 g/mol. The highest BCUT2D eigenvalue weighted by Gasteiger charge is 2.20. The smallest absolute Gasteiger partial charge is 0.130 e. The van der Waals surface area contributed by atoms with Crippen molar-refractivity contribution in [2.45, 2.75) is 25.9 Å². The second-order valence-corrected chi connectivity index (χ2v) is 4.23. The summed E-state index contributed by atoms with van der Waals surface area (Å²) in [6, 6.07) is 3.56. The first-order chi connectivity index (χ1) is 7.43. The van der Waals surface area contributed by atoms with Gasteiger partial charge in [-0.3, -0.25) is 4.90 Å². The van der Waals surface area contributed by atoms with Gasteiger partial charge in [-0.1, -0.05) is 6.07 Å². The molecule has 2 atom stereocenters. The zero-order valence-corrected chi connectivity index (χ0v) is 11.1. The van der Waals surface area contributed by atoms with Crippen LogP contribution < -0.4 is 5.73 Å². The van der Waals surface area contributed by atoms with Gasteiger partial charge < -0.3 is 5.73 Å². The van der Waals surface area contributed by atoms with E-state index in [1.807, 2.05) is 11.8 Å². The Labute approximate surface area is 107 Å². The van der Waals surface area contributed by atoms with Crippen LogP contribution in [0.3, 0.4) is 0 Å². The van der Waals surface area contributed by atoms with Gasteiger partial charge in [0.05, 0.1) is 0 Å². The molecule has 1 aromatic carbocycles. The van der Waals surface area contributed by atoms with Crippen molar-refractivity contribution in [3.8, 4) is 0 Å². The molecule has 0 spiro atoms. The van der Waals surface area contributed by atoms with Crippen LogP contribution in [0, 0.1) is 11.6 Å². The molecule has 0 radical (unpaired) electrons. The maximum absolute atomic E-state index is 13.5. The first-order valence-corrected chi connectivity index (χ1v) is 5.33. The van der Waals surface area contributed by atoms with Crippen molar-refractivity contribution < 1.29 is 8.78 Å².